The molecule has 0 unspecified atom stereocenters. The summed E-state index contributed by atoms with van der Waals surface area (Å²) in [6.45, 7) is 2.06. The summed E-state index contributed by atoms with van der Waals surface area (Å²) in [4.78, 5) is 27.9. The van der Waals surface area contributed by atoms with Gasteiger partial charge in [0, 0.05) is 37.6 Å². The Hall–Kier alpha value is -1.62. The maximum Gasteiger partial charge on any atom is 0.256 e. The Balaban J connectivity index is 1.70. The van der Waals surface area contributed by atoms with E-state index in [4.69, 9.17) is 11.6 Å². The Morgan fingerprint density at radius 3 is 2.77 bits per heavy atom. The zero-order valence-corrected chi connectivity index (χ0v) is 13.0. The van der Waals surface area contributed by atoms with Crippen LogP contribution in [0.25, 0.3) is 0 Å². The average molecular weight is 325 g/mol. The van der Waals surface area contributed by atoms with Crippen LogP contribution in [-0.2, 0) is 4.79 Å². The Bertz CT molecular complexity index is 604. The molecule has 1 saturated heterocycles. The lowest BCUT2D eigenvalue weighted by Crippen LogP contribution is -2.37. The van der Waals surface area contributed by atoms with Crippen LogP contribution in [0, 0.1) is 11.7 Å². The lowest BCUT2D eigenvalue weighted by Gasteiger charge is -2.22. The molecule has 2 aliphatic rings. The van der Waals surface area contributed by atoms with Gasteiger partial charge in [0.15, 0.2) is 0 Å². The highest BCUT2D eigenvalue weighted by atomic mass is 35.5. The number of nitrogens with zero attached hydrogens (tertiary/aromatic N) is 2. The van der Waals surface area contributed by atoms with Crippen molar-refractivity contribution in [3.8, 4) is 0 Å². The van der Waals surface area contributed by atoms with Gasteiger partial charge in [-0.1, -0.05) is 11.6 Å². The molecule has 1 aliphatic carbocycles. The minimum absolute atomic E-state index is 0.0319. The fourth-order valence-corrected chi connectivity index (χ4v) is 2.88. The molecule has 6 heteroatoms. The predicted molar refractivity (Wildman–Crippen MR) is 81.2 cm³/mol. The van der Waals surface area contributed by atoms with Crippen molar-refractivity contribution in [2.45, 2.75) is 19.3 Å². The molecular weight excluding hydrogens is 307 g/mol. The topological polar surface area (TPSA) is 40.6 Å². The first-order valence-electron chi connectivity index (χ1n) is 7.56. The number of halogens is 2. The summed E-state index contributed by atoms with van der Waals surface area (Å²) in [7, 11) is 0. The fraction of sp³-hybridized carbons (Fsp3) is 0.500. The molecule has 1 aliphatic heterocycles. The zero-order valence-electron chi connectivity index (χ0n) is 12.2. The van der Waals surface area contributed by atoms with E-state index in [-0.39, 0.29) is 11.5 Å². The molecular formula is C16H18ClFN2O2. The van der Waals surface area contributed by atoms with Crippen molar-refractivity contribution in [2.24, 2.45) is 5.92 Å². The molecule has 1 heterocycles. The third-order valence-corrected chi connectivity index (χ3v) is 4.44. The number of carbonyl (C=O) groups is 2. The molecule has 2 fully saturated rings. The molecule has 0 radical (unpaired) electrons. The molecule has 1 aromatic carbocycles. The van der Waals surface area contributed by atoms with E-state index in [1.807, 2.05) is 4.90 Å². The van der Waals surface area contributed by atoms with Crippen LogP contribution in [0.2, 0.25) is 5.02 Å². The minimum atomic E-state index is -0.584. The number of amides is 2. The quantitative estimate of drug-likeness (QED) is 0.857. The lowest BCUT2D eigenvalue weighted by molar-refractivity contribution is -0.130. The van der Waals surface area contributed by atoms with Crippen molar-refractivity contribution >= 4 is 23.4 Å². The molecule has 2 amide bonds. The Labute approximate surface area is 133 Å². The van der Waals surface area contributed by atoms with Crippen molar-refractivity contribution < 1.29 is 14.0 Å². The maximum atomic E-state index is 13.8. The van der Waals surface area contributed by atoms with Crippen LogP contribution in [0.3, 0.4) is 0 Å². The first-order valence-corrected chi connectivity index (χ1v) is 7.94. The largest absolute Gasteiger partial charge is 0.341 e. The van der Waals surface area contributed by atoms with Crippen molar-refractivity contribution in [3.63, 3.8) is 0 Å². The van der Waals surface area contributed by atoms with E-state index >= 15 is 0 Å². The van der Waals surface area contributed by atoms with Gasteiger partial charge in [0.25, 0.3) is 5.91 Å². The zero-order chi connectivity index (χ0) is 15.7. The predicted octanol–water partition coefficient (Wildman–Crippen LogP) is 2.56. The Morgan fingerprint density at radius 2 is 2.05 bits per heavy atom. The Morgan fingerprint density at radius 1 is 1.27 bits per heavy atom. The van der Waals surface area contributed by atoms with Gasteiger partial charge >= 0.3 is 0 Å². The molecule has 0 atom stereocenters. The maximum absolute atomic E-state index is 13.8. The molecule has 3 rings (SSSR count). The van der Waals surface area contributed by atoms with E-state index in [2.05, 4.69) is 0 Å². The van der Waals surface area contributed by atoms with E-state index in [1.165, 1.54) is 31.0 Å². The first kappa shape index (κ1) is 15.3. The lowest BCUT2D eigenvalue weighted by atomic mass is 10.2. The van der Waals surface area contributed by atoms with Crippen LogP contribution >= 0.6 is 11.6 Å². The monoisotopic (exact) mass is 324 g/mol. The summed E-state index contributed by atoms with van der Waals surface area (Å²) in [5.41, 5.74) is -0.0319. The number of hydrogen-bond acceptors (Lipinski definition) is 2. The molecule has 1 saturated carbocycles. The summed E-state index contributed by atoms with van der Waals surface area (Å²) >= 11 is 5.84. The standard InChI is InChI=1S/C16H18ClFN2O2/c17-12-3-4-14(18)13(9-12)16(22)19-6-5-15(21)20(8-7-19)10-11-1-2-11/h3-4,9,11H,1-2,5-8,10H2. The molecule has 1 aromatic rings. The van der Waals surface area contributed by atoms with E-state index in [0.29, 0.717) is 37.0 Å². The summed E-state index contributed by atoms with van der Waals surface area (Å²) in [6.07, 6.45) is 2.65. The SMILES string of the molecule is O=C1CCN(C(=O)c2cc(Cl)ccc2F)CCN1CC1CC1. The second-order valence-corrected chi connectivity index (χ2v) is 6.39. The highest BCUT2D eigenvalue weighted by Gasteiger charge is 2.30. The molecule has 4 nitrogen and oxygen atoms in total. The van der Waals surface area contributed by atoms with Crippen LogP contribution in [0.15, 0.2) is 18.2 Å². The molecule has 0 spiro atoms. The summed E-state index contributed by atoms with van der Waals surface area (Å²) in [5.74, 6) is -0.286. The van der Waals surface area contributed by atoms with Gasteiger partial charge in [-0.15, -0.1) is 0 Å². The van der Waals surface area contributed by atoms with Crippen LogP contribution in [0.4, 0.5) is 4.39 Å². The van der Waals surface area contributed by atoms with Crippen molar-refractivity contribution in [1.29, 1.82) is 0 Å². The van der Waals surface area contributed by atoms with E-state index < -0.39 is 11.7 Å². The van der Waals surface area contributed by atoms with E-state index in [0.717, 1.165) is 6.54 Å². The third-order valence-electron chi connectivity index (χ3n) is 4.21. The normalized spacial score (nSPS) is 19.3. The highest BCUT2D eigenvalue weighted by molar-refractivity contribution is 6.31. The Kier molecular flexibility index (Phi) is 4.34. The summed E-state index contributed by atoms with van der Waals surface area (Å²) < 4.78 is 13.8. The van der Waals surface area contributed by atoms with Crippen molar-refractivity contribution in [2.75, 3.05) is 26.2 Å². The van der Waals surface area contributed by atoms with Crippen LogP contribution < -0.4 is 0 Å². The summed E-state index contributed by atoms with van der Waals surface area (Å²) in [5, 5.41) is 0.325. The van der Waals surface area contributed by atoms with Crippen molar-refractivity contribution in [3.05, 3.63) is 34.6 Å². The number of hydrogen-bond donors (Lipinski definition) is 0. The number of benzene rings is 1. The molecule has 0 N–H and O–H groups in total. The number of rotatable bonds is 3. The van der Waals surface area contributed by atoms with E-state index in [9.17, 15) is 14.0 Å². The third kappa shape index (κ3) is 3.40. The minimum Gasteiger partial charge on any atom is -0.341 e. The van der Waals surface area contributed by atoms with Crippen LogP contribution in [0.5, 0.6) is 0 Å². The summed E-state index contributed by atoms with van der Waals surface area (Å²) in [6, 6.07) is 3.95. The van der Waals surface area contributed by atoms with Gasteiger partial charge in [0.2, 0.25) is 5.91 Å². The van der Waals surface area contributed by atoms with E-state index in [1.54, 1.807) is 4.90 Å². The van der Waals surface area contributed by atoms with Crippen LogP contribution in [0.1, 0.15) is 29.6 Å². The van der Waals surface area contributed by atoms with Crippen molar-refractivity contribution in [1.82, 2.24) is 9.80 Å². The number of carbonyl (C=O) groups excluding carboxylic acids is 2. The van der Waals surface area contributed by atoms with Gasteiger partial charge in [0.05, 0.1) is 5.56 Å². The highest BCUT2D eigenvalue weighted by Crippen LogP contribution is 2.30. The fourth-order valence-electron chi connectivity index (χ4n) is 2.71. The van der Waals surface area contributed by atoms with Gasteiger partial charge < -0.3 is 9.80 Å². The van der Waals surface area contributed by atoms with Crippen LogP contribution in [-0.4, -0.2) is 47.8 Å². The van der Waals surface area contributed by atoms with Gasteiger partial charge in [-0.25, -0.2) is 4.39 Å². The smallest absolute Gasteiger partial charge is 0.256 e. The molecule has 118 valence electrons. The second-order valence-electron chi connectivity index (χ2n) is 5.95. The second kappa shape index (κ2) is 6.24. The molecule has 0 aromatic heterocycles. The molecule has 0 bridgehead atoms. The van der Waals surface area contributed by atoms with Gasteiger partial charge in [-0.2, -0.15) is 0 Å². The van der Waals surface area contributed by atoms with Gasteiger partial charge in [0.1, 0.15) is 5.82 Å². The average Bonchev–Trinajstić information content (AvgIpc) is 3.32. The first-order chi connectivity index (χ1) is 10.5. The molecule has 22 heavy (non-hydrogen) atoms. The van der Waals surface area contributed by atoms with Gasteiger partial charge in [-0.05, 0) is 37.0 Å². The van der Waals surface area contributed by atoms with Gasteiger partial charge in [-0.3, -0.25) is 9.59 Å².